The van der Waals surface area contributed by atoms with Gasteiger partial charge in [-0.1, -0.05) is 18.2 Å². The molecule has 1 N–H and O–H groups in total. The van der Waals surface area contributed by atoms with Crippen molar-refractivity contribution in [3.8, 4) is 0 Å². The van der Waals surface area contributed by atoms with Gasteiger partial charge in [-0.2, -0.15) is 0 Å². The lowest BCUT2D eigenvalue weighted by Gasteiger charge is -2.43. The summed E-state index contributed by atoms with van der Waals surface area (Å²) in [6.07, 6.45) is 2.23. The molecule has 0 saturated carbocycles. The van der Waals surface area contributed by atoms with E-state index in [1.807, 2.05) is 6.07 Å². The number of hydrogen-bond acceptors (Lipinski definition) is 4. The number of rotatable bonds is 4. The van der Waals surface area contributed by atoms with Gasteiger partial charge < -0.3 is 10.2 Å². The molecule has 3 rings (SSSR count). The van der Waals surface area contributed by atoms with E-state index < -0.39 is 16.8 Å². The number of nitrogens with zero attached hydrogens (tertiary/aromatic N) is 3. The monoisotopic (exact) mass is 398 g/mol. The molecule has 2 heterocycles. The van der Waals surface area contributed by atoms with Crippen molar-refractivity contribution in [3.05, 3.63) is 68.5 Å². The molecule has 8 heteroatoms. The minimum atomic E-state index is -0.996. The molecule has 0 bridgehead atoms. The fourth-order valence-electron chi connectivity index (χ4n) is 3.73. The van der Waals surface area contributed by atoms with Gasteiger partial charge >= 0.3 is 5.69 Å². The van der Waals surface area contributed by atoms with Gasteiger partial charge in [-0.05, 0) is 38.3 Å². The second-order valence-electron chi connectivity index (χ2n) is 7.61. The summed E-state index contributed by atoms with van der Waals surface area (Å²) in [5.74, 6) is -0.474. The third-order valence-corrected chi connectivity index (χ3v) is 5.70. The van der Waals surface area contributed by atoms with E-state index in [1.54, 1.807) is 43.1 Å². The predicted molar refractivity (Wildman–Crippen MR) is 109 cm³/mol. The summed E-state index contributed by atoms with van der Waals surface area (Å²) in [5.41, 5.74) is -0.924. The van der Waals surface area contributed by atoms with Crippen LogP contribution >= 0.6 is 0 Å². The van der Waals surface area contributed by atoms with Crippen LogP contribution in [0.5, 0.6) is 0 Å². The number of nitrogens with one attached hydrogen (secondary N) is 1. The van der Waals surface area contributed by atoms with Gasteiger partial charge in [0.25, 0.3) is 11.5 Å². The SMILES string of the molecule is Cn1c(CNC(=O)C2(C)CCCCN2C(=O)c2ccccc2)cc(=O)n(C)c1=O. The highest BCUT2D eigenvalue weighted by molar-refractivity contribution is 5.99. The highest BCUT2D eigenvalue weighted by atomic mass is 16.2. The zero-order valence-corrected chi connectivity index (χ0v) is 17.0. The van der Waals surface area contributed by atoms with Crippen molar-refractivity contribution in [2.24, 2.45) is 14.1 Å². The molecule has 2 aromatic rings. The molecule has 154 valence electrons. The van der Waals surface area contributed by atoms with E-state index in [-0.39, 0.29) is 18.4 Å². The van der Waals surface area contributed by atoms with E-state index in [0.29, 0.717) is 24.2 Å². The van der Waals surface area contributed by atoms with Crippen molar-refractivity contribution in [1.29, 1.82) is 0 Å². The average molecular weight is 398 g/mol. The smallest absolute Gasteiger partial charge is 0.330 e. The molecular formula is C21H26N4O4. The molecule has 1 saturated heterocycles. The average Bonchev–Trinajstić information content (AvgIpc) is 2.74. The van der Waals surface area contributed by atoms with E-state index in [1.165, 1.54) is 17.7 Å². The summed E-state index contributed by atoms with van der Waals surface area (Å²) in [7, 11) is 2.96. The third kappa shape index (κ3) is 3.87. The van der Waals surface area contributed by atoms with E-state index in [9.17, 15) is 19.2 Å². The van der Waals surface area contributed by atoms with Crippen molar-refractivity contribution in [1.82, 2.24) is 19.4 Å². The number of piperidine rings is 1. The van der Waals surface area contributed by atoms with Gasteiger partial charge in [0, 0.05) is 38.0 Å². The number of carbonyl (C=O) groups excluding carboxylic acids is 2. The van der Waals surface area contributed by atoms with Gasteiger partial charge in [0.1, 0.15) is 5.54 Å². The fraction of sp³-hybridized carbons (Fsp3) is 0.429. The molecule has 1 aromatic carbocycles. The van der Waals surface area contributed by atoms with Crippen LogP contribution in [0.15, 0.2) is 46.0 Å². The summed E-state index contributed by atoms with van der Waals surface area (Å²) in [6, 6.07) is 10.2. The number of hydrogen-bond donors (Lipinski definition) is 1. The Bertz CT molecular complexity index is 1040. The minimum absolute atomic E-state index is 0.0314. The molecule has 0 aliphatic carbocycles. The minimum Gasteiger partial charge on any atom is -0.348 e. The first-order chi connectivity index (χ1) is 13.8. The highest BCUT2D eigenvalue weighted by Gasteiger charge is 2.43. The first-order valence-electron chi connectivity index (χ1n) is 9.67. The molecule has 1 aliphatic heterocycles. The Morgan fingerprint density at radius 1 is 1.07 bits per heavy atom. The maximum Gasteiger partial charge on any atom is 0.330 e. The van der Waals surface area contributed by atoms with Crippen LogP contribution in [0.2, 0.25) is 0 Å². The van der Waals surface area contributed by atoms with Crippen molar-refractivity contribution < 1.29 is 9.59 Å². The van der Waals surface area contributed by atoms with Gasteiger partial charge in [0.15, 0.2) is 0 Å². The Morgan fingerprint density at radius 2 is 1.76 bits per heavy atom. The topological polar surface area (TPSA) is 93.4 Å². The van der Waals surface area contributed by atoms with Crippen molar-refractivity contribution in [2.45, 2.75) is 38.3 Å². The first-order valence-corrected chi connectivity index (χ1v) is 9.67. The molecule has 1 atom stereocenters. The number of likely N-dealkylation sites (tertiary alicyclic amines) is 1. The Hall–Kier alpha value is -3.16. The second-order valence-corrected chi connectivity index (χ2v) is 7.61. The molecular weight excluding hydrogens is 372 g/mol. The summed E-state index contributed by atoms with van der Waals surface area (Å²) >= 11 is 0. The van der Waals surface area contributed by atoms with Gasteiger partial charge in [0.2, 0.25) is 5.91 Å². The molecule has 1 aromatic heterocycles. The Morgan fingerprint density at radius 3 is 2.45 bits per heavy atom. The zero-order chi connectivity index (χ0) is 21.2. The molecule has 1 unspecified atom stereocenters. The van der Waals surface area contributed by atoms with E-state index in [0.717, 1.165) is 17.4 Å². The molecule has 0 spiro atoms. The fourth-order valence-corrected chi connectivity index (χ4v) is 3.73. The second kappa shape index (κ2) is 8.06. The maximum absolute atomic E-state index is 13.1. The van der Waals surface area contributed by atoms with Gasteiger partial charge in [-0.15, -0.1) is 0 Å². The van der Waals surface area contributed by atoms with Crippen molar-refractivity contribution in [2.75, 3.05) is 6.54 Å². The lowest BCUT2D eigenvalue weighted by atomic mass is 9.86. The van der Waals surface area contributed by atoms with Crippen LogP contribution in [-0.4, -0.2) is 37.9 Å². The van der Waals surface area contributed by atoms with Crippen LogP contribution in [0.1, 0.15) is 42.2 Å². The summed E-state index contributed by atoms with van der Waals surface area (Å²) < 4.78 is 2.34. The van der Waals surface area contributed by atoms with E-state index in [4.69, 9.17) is 0 Å². The van der Waals surface area contributed by atoms with Crippen molar-refractivity contribution >= 4 is 11.8 Å². The van der Waals surface area contributed by atoms with Crippen molar-refractivity contribution in [3.63, 3.8) is 0 Å². The standard InChI is InChI=1S/C21H26N4O4/c1-21(11-7-8-12-25(21)18(27)15-9-5-4-6-10-15)19(28)22-14-16-13-17(26)24(3)20(29)23(16)2/h4-6,9-10,13H,7-8,11-12,14H2,1-3H3,(H,22,28). The highest BCUT2D eigenvalue weighted by Crippen LogP contribution is 2.30. The van der Waals surface area contributed by atoms with Gasteiger partial charge in [-0.3, -0.25) is 23.5 Å². The molecule has 29 heavy (non-hydrogen) atoms. The normalized spacial score (nSPS) is 19.1. The van der Waals surface area contributed by atoms with Gasteiger partial charge in [0.05, 0.1) is 6.54 Å². The number of aromatic nitrogens is 2. The van der Waals surface area contributed by atoms with Crippen LogP contribution in [0.4, 0.5) is 0 Å². The Labute approximate surface area is 168 Å². The maximum atomic E-state index is 13.1. The van der Waals surface area contributed by atoms with Crippen LogP contribution < -0.4 is 16.6 Å². The summed E-state index contributed by atoms with van der Waals surface area (Å²) in [6.45, 7) is 2.30. The molecule has 1 aliphatic rings. The predicted octanol–water partition coefficient (Wildman–Crippen LogP) is 0.785. The van der Waals surface area contributed by atoms with E-state index >= 15 is 0 Å². The quantitative estimate of drug-likeness (QED) is 0.824. The summed E-state index contributed by atoms with van der Waals surface area (Å²) in [4.78, 5) is 51.8. The Kier molecular flexibility index (Phi) is 5.72. The molecule has 1 fully saturated rings. The third-order valence-electron chi connectivity index (χ3n) is 5.70. The van der Waals surface area contributed by atoms with Gasteiger partial charge in [-0.25, -0.2) is 4.79 Å². The van der Waals surface area contributed by atoms with Crippen LogP contribution in [0.25, 0.3) is 0 Å². The largest absolute Gasteiger partial charge is 0.348 e. The molecule has 2 amide bonds. The number of benzene rings is 1. The van der Waals surface area contributed by atoms with Crippen LogP contribution in [0.3, 0.4) is 0 Å². The summed E-state index contributed by atoms with van der Waals surface area (Å²) in [5, 5.41) is 2.82. The zero-order valence-electron chi connectivity index (χ0n) is 17.0. The van der Waals surface area contributed by atoms with Crippen LogP contribution in [0, 0.1) is 0 Å². The lowest BCUT2D eigenvalue weighted by Crippen LogP contribution is -2.60. The van der Waals surface area contributed by atoms with Crippen LogP contribution in [-0.2, 0) is 25.4 Å². The number of carbonyl (C=O) groups is 2. The molecule has 8 nitrogen and oxygen atoms in total. The Balaban J connectivity index is 1.82. The number of amides is 2. The van der Waals surface area contributed by atoms with E-state index in [2.05, 4.69) is 5.32 Å². The lowest BCUT2D eigenvalue weighted by molar-refractivity contribution is -0.133. The first kappa shape index (κ1) is 20.6. The molecule has 0 radical (unpaired) electrons.